The van der Waals surface area contributed by atoms with E-state index < -0.39 is 0 Å². The van der Waals surface area contributed by atoms with Crippen LogP contribution in [0.3, 0.4) is 0 Å². The fourth-order valence-corrected chi connectivity index (χ4v) is 2.05. The molecule has 106 valence electrons. The highest BCUT2D eigenvalue weighted by Gasteiger charge is 2.23. The molecule has 1 rings (SSSR count). The molecule has 0 aromatic heterocycles. The Morgan fingerprint density at radius 3 is 2.21 bits per heavy atom. The summed E-state index contributed by atoms with van der Waals surface area (Å²) in [6.07, 6.45) is 0.738. The monoisotopic (exact) mass is 266 g/mol. The average molecular weight is 266 g/mol. The third-order valence-corrected chi connectivity index (χ3v) is 3.00. The summed E-state index contributed by atoms with van der Waals surface area (Å²) in [5.41, 5.74) is 0.887. The van der Waals surface area contributed by atoms with E-state index in [4.69, 9.17) is 14.2 Å². The minimum absolute atomic E-state index is 0.221. The van der Waals surface area contributed by atoms with Crippen LogP contribution in [0.5, 0.6) is 11.5 Å². The van der Waals surface area contributed by atoms with Crippen molar-refractivity contribution >= 4 is 5.97 Å². The number of carbonyl (C=O) groups excluding carboxylic acids is 1. The van der Waals surface area contributed by atoms with Gasteiger partial charge in [-0.15, -0.1) is 0 Å². The lowest BCUT2D eigenvalue weighted by Gasteiger charge is -2.18. The van der Waals surface area contributed by atoms with Gasteiger partial charge in [-0.2, -0.15) is 0 Å². The maximum Gasteiger partial charge on any atom is 0.313 e. The van der Waals surface area contributed by atoms with E-state index in [1.165, 1.54) is 7.11 Å². The Morgan fingerprint density at radius 2 is 1.74 bits per heavy atom. The zero-order valence-corrected chi connectivity index (χ0v) is 12.2. The largest absolute Gasteiger partial charge is 0.493 e. The summed E-state index contributed by atoms with van der Waals surface area (Å²) in [5.74, 6) is 1.18. The van der Waals surface area contributed by atoms with E-state index in [1.807, 2.05) is 18.2 Å². The van der Waals surface area contributed by atoms with Gasteiger partial charge >= 0.3 is 5.97 Å². The summed E-state index contributed by atoms with van der Waals surface area (Å²) in [6, 6.07) is 5.53. The van der Waals surface area contributed by atoms with Crippen LogP contribution in [-0.2, 0) is 9.53 Å². The van der Waals surface area contributed by atoms with Gasteiger partial charge in [0, 0.05) is 0 Å². The molecule has 1 aromatic rings. The predicted octanol–water partition coefficient (Wildman–Crippen LogP) is 3.01. The summed E-state index contributed by atoms with van der Waals surface area (Å²) in [4.78, 5) is 11.9. The second-order valence-corrected chi connectivity index (χ2v) is 4.82. The average Bonchev–Trinajstić information content (AvgIpc) is 2.42. The molecule has 0 unspecified atom stereocenters. The molecule has 1 aromatic carbocycles. The third kappa shape index (κ3) is 3.88. The van der Waals surface area contributed by atoms with Gasteiger partial charge in [0.1, 0.15) is 0 Å². The minimum atomic E-state index is -0.273. The van der Waals surface area contributed by atoms with Crippen LogP contribution in [0.4, 0.5) is 0 Å². The number of benzene rings is 1. The molecule has 0 saturated heterocycles. The van der Waals surface area contributed by atoms with Crippen molar-refractivity contribution in [1.82, 2.24) is 0 Å². The van der Waals surface area contributed by atoms with Crippen molar-refractivity contribution in [2.75, 3.05) is 21.3 Å². The number of methoxy groups -OCH3 is 3. The van der Waals surface area contributed by atoms with Crippen molar-refractivity contribution in [3.05, 3.63) is 23.8 Å². The highest BCUT2D eigenvalue weighted by molar-refractivity contribution is 5.78. The van der Waals surface area contributed by atoms with Crippen molar-refractivity contribution in [3.8, 4) is 11.5 Å². The van der Waals surface area contributed by atoms with Crippen LogP contribution in [0.1, 0.15) is 31.7 Å². The van der Waals surface area contributed by atoms with Crippen molar-refractivity contribution < 1.29 is 19.0 Å². The van der Waals surface area contributed by atoms with Gasteiger partial charge in [-0.25, -0.2) is 0 Å². The van der Waals surface area contributed by atoms with E-state index in [2.05, 4.69) is 13.8 Å². The SMILES string of the molecule is COC(=O)[C@H](CC(C)C)c1ccc(OC)c(OC)c1. The Balaban J connectivity index is 3.11. The van der Waals surface area contributed by atoms with Crippen LogP contribution in [0.15, 0.2) is 18.2 Å². The lowest BCUT2D eigenvalue weighted by atomic mass is 9.90. The molecule has 0 heterocycles. The van der Waals surface area contributed by atoms with Crippen molar-refractivity contribution in [2.45, 2.75) is 26.2 Å². The van der Waals surface area contributed by atoms with Gasteiger partial charge in [0.2, 0.25) is 0 Å². The zero-order chi connectivity index (χ0) is 14.4. The van der Waals surface area contributed by atoms with Gasteiger partial charge in [-0.1, -0.05) is 19.9 Å². The molecule has 0 spiro atoms. The predicted molar refractivity (Wildman–Crippen MR) is 73.8 cm³/mol. The Kier molecular flexibility index (Phi) is 5.67. The summed E-state index contributed by atoms with van der Waals surface area (Å²) >= 11 is 0. The lowest BCUT2D eigenvalue weighted by Crippen LogP contribution is -2.16. The number of carbonyl (C=O) groups is 1. The smallest absolute Gasteiger partial charge is 0.313 e. The van der Waals surface area contributed by atoms with Gasteiger partial charge in [-0.05, 0) is 30.0 Å². The molecule has 19 heavy (non-hydrogen) atoms. The molecule has 0 fully saturated rings. The van der Waals surface area contributed by atoms with E-state index in [1.54, 1.807) is 14.2 Å². The van der Waals surface area contributed by atoms with Crippen molar-refractivity contribution in [1.29, 1.82) is 0 Å². The van der Waals surface area contributed by atoms with E-state index in [0.717, 1.165) is 12.0 Å². The maximum atomic E-state index is 11.9. The summed E-state index contributed by atoms with van der Waals surface area (Å²) in [5, 5.41) is 0. The molecule has 0 aliphatic heterocycles. The molecule has 0 aliphatic carbocycles. The fourth-order valence-electron chi connectivity index (χ4n) is 2.05. The molecule has 0 N–H and O–H groups in total. The fraction of sp³-hybridized carbons (Fsp3) is 0.533. The van der Waals surface area contributed by atoms with Gasteiger partial charge in [0.15, 0.2) is 11.5 Å². The second kappa shape index (κ2) is 7.02. The molecule has 0 amide bonds. The second-order valence-electron chi connectivity index (χ2n) is 4.82. The molecule has 0 bridgehead atoms. The first-order chi connectivity index (χ1) is 9.03. The van der Waals surface area contributed by atoms with Gasteiger partial charge in [-0.3, -0.25) is 4.79 Å². The standard InChI is InChI=1S/C15H22O4/c1-10(2)8-12(15(16)19-5)11-6-7-13(17-3)14(9-11)18-4/h6-7,9-10,12H,8H2,1-5H3/t12-/m1/s1. The van der Waals surface area contributed by atoms with E-state index in [-0.39, 0.29) is 11.9 Å². The molecule has 0 saturated carbocycles. The normalized spacial score (nSPS) is 12.1. The number of hydrogen-bond donors (Lipinski definition) is 0. The van der Waals surface area contributed by atoms with Crippen molar-refractivity contribution in [2.24, 2.45) is 5.92 Å². The van der Waals surface area contributed by atoms with Gasteiger partial charge in [0.05, 0.1) is 27.2 Å². The third-order valence-electron chi connectivity index (χ3n) is 3.00. The first kappa shape index (κ1) is 15.3. The Labute approximate surface area is 114 Å². The Bertz CT molecular complexity index is 426. The maximum absolute atomic E-state index is 11.9. The highest BCUT2D eigenvalue weighted by Crippen LogP contribution is 2.33. The first-order valence-corrected chi connectivity index (χ1v) is 6.33. The van der Waals surface area contributed by atoms with Crippen LogP contribution in [-0.4, -0.2) is 27.3 Å². The minimum Gasteiger partial charge on any atom is -0.493 e. The Hall–Kier alpha value is -1.71. The van der Waals surface area contributed by atoms with Crippen LogP contribution < -0.4 is 9.47 Å². The van der Waals surface area contributed by atoms with Gasteiger partial charge in [0.25, 0.3) is 0 Å². The topological polar surface area (TPSA) is 44.8 Å². The number of rotatable bonds is 6. The molecule has 4 nitrogen and oxygen atoms in total. The lowest BCUT2D eigenvalue weighted by molar-refractivity contribution is -0.142. The zero-order valence-electron chi connectivity index (χ0n) is 12.2. The molecular formula is C15H22O4. The molecule has 4 heteroatoms. The van der Waals surface area contributed by atoms with Crippen LogP contribution in [0.2, 0.25) is 0 Å². The number of esters is 1. The van der Waals surface area contributed by atoms with E-state index in [0.29, 0.717) is 17.4 Å². The quantitative estimate of drug-likeness (QED) is 0.742. The number of hydrogen-bond acceptors (Lipinski definition) is 4. The summed E-state index contributed by atoms with van der Waals surface area (Å²) in [7, 11) is 4.58. The molecule has 0 aliphatic rings. The van der Waals surface area contributed by atoms with Crippen molar-refractivity contribution in [3.63, 3.8) is 0 Å². The molecule has 0 radical (unpaired) electrons. The van der Waals surface area contributed by atoms with Crippen LogP contribution in [0, 0.1) is 5.92 Å². The molecular weight excluding hydrogens is 244 g/mol. The van der Waals surface area contributed by atoms with E-state index in [9.17, 15) is 4.79 Å². The number of ether oxygens (including phenoxy) is 3. The summed E-state index contributed by atoms with van der Waals surface area (Å²) < 4.78 is 15.4. The highest BCUT2D eigenvalue weighted by atomic mass is 16.5. The summed E-state index contributed by atoms with van der Waals surface area (Å²) in [6.45, 7) is 4.16. The van der Waals surface area contributed by atoms with E-state index >= 15 is 0 Å². The van der Waals surface area contributed by atoms with Gasteiger partial charge < -0.3 is 14.2 Å². The van der Waals surface area contributed by atoms with Crippen LogP contribution >= 0.6 is 0 Å². The molecule has 1 atom stereocenters. The van der Waals surface area contributed by atoms with Crippen LogP contribution in [0.25, 0.3) is 0 Å². The Morgan fingerprint density at radius 1 is 1.11 bits per heavy atom. The first-order valence-electron chi connectivity index (χ1n) is 6.33.